The molecule has 0 aromatic carbocycles. The monoisotopic (exact) mass is 378 g/mol. The van der Waals surface area contributed by atoms with Crippen molar-refractivity contribution in [2.75, 3.05) is 32.8 Å². The van der Waals surface area contributed by atoms with E-state index in [4.69, 9.17) is 9.47 Å². The lowest BCUT2D eigenvalue weighted by atomic mass is 9.92. The predicted octanol–water partition coefficient (Wildman–Crippen LogP) is 2.35. The molecule has 0 aromatic heterocycles. The van der Waals surface area contributed by atoms with E-state index in [-0.39, 0.29) is 43.3 Å². The van der Waals surface area contributed by atoms with E-state index in [1.807, 2.05) is 9.80 Å². The first-order chi connectivity index (χ1) is 13.2. The Bertz CT molecular complexity index is 528. The minimum Gasteiger partial charge on any atom is -0.368 e. The van der Waals surface area contributed by atoms with Gasteiger partial charge in [0.2, 0.25) is 11.8 Å². The van der Waals surface area contributed by atoms with Gasteiger partial charge in [-0.15, -0.1) is 0 Å². The molecule has 6 heteroatoms. The molecule has 2 saturated carbocycles. The third-order valence-electron chi connectivity index (χ3n) is 6.94. The Morgan fingerprint density at radius 1 is 0.741 bits per heavy atom. The maximum Gasteiger partial charge on any atom is 0.248 e. The first-order valence-electron chi connectivity index (χ1n) is 11.0. The molecule has 2 heterocycles. The van der Waals surface area contributed by atoms with Crippen molar-refractivity contribution in [1.82, 2.24) is 9.80 Å². The zero-order valence-electron chi connectivity index (χ0n) is 16.4. The van der Waals surface area contributed by atoms with E-state index in [0.29, 0.717) is 12.5 Å². The van der Waals surface area contributed by atoms with Crippen LogP contribution in [0.4, 0.5) is 0 Å². The molecule has 0 radical (unpaired) electrons. The van der Waals surface area contributed by atoms with Crippen LogP contribution in [0, 0.1) is 5.92 Å². The van der Waals surface area contributed by atoms with E-state index >= 15 is 0 Å². The summed E-state index contributed by atoms with van der Waals surface area (Å²) in [6.45, 7) is 2.63. The molecule has 0 aromatic rings. The summed E-state index contributed by atoms with van der Waals surface area (Å²) >= 11 is 0. The highest BCUT2D eigenvalue weighted by molar-refractivity contribution is 5.80. The molecular weight excluding hydrogens is 344 g/mol. The van der Waals surface area contributed by atoms with Crippen molar-refractivity contribution < 1.29 is 19.1 Å². The maximum atomic E-state index is 12.7. The lowest BCUT2D eigenvalue weighted by molar-refractivity contribution is -0.143. The van der Waals surface area contributed by atoms with Gasteiger partial charge in [-0.2, -0.15) is 0 Å². The van der Waals surface area contributed by atoms with Crippen LogP contribution in [0.25, 0.3) is 0 Å². The van der Waals surface area contributed by atoms with Gasteiger partial charge in [-0.3, -0.25) is 9.59 Å². The SMILES string of the molecule is O=C(COC1CCCC1)N1C[C@@H]2CCCN(C(=O)COC3CCCC3)[C@@H]2C1. The van der Waals surface area contributed by atoms with Crippen molar-refractivity contribution in [1.29, 1.82) is 0 Å². The molecule has 152 valence electrons. The molecule has 4 fully saturated rings. The fraction of sp³-hybridized carbons (Fsp3) is 0.905. The number of fused-ring (bicyclic) bond motifs is 1. The van der Waals surface area contributed by atoms with Crippen LogP contribution in [0.1, 0.15) is 64.2 Å². The van der Waals surface area contributed by atoms with Crippen molar-refractivity contribution in [3.63, 3.8) is 0 Å². The number of nitrogens with zero attached hydrogens (tertiary/aromatic N) is 2. The van der Waals surface area contributed by atoms with E-state index in [1.54, 1.807) is 0 Å². The number of hydrogen-bond donors (Lipinski definition) is 0. The van der Waals surface area contributed by atoms with Crippen LogP contribution in [0.15, 0.2) is 0 Å². The first kappa shape index (κ1) is 19.2. The van der Waals surface area contributed by atoms with Gasteiger partial charge in [0.1, 0.15) is 13.2 Å². The average Bonchev–Trinajstić information content (AvgIpc) is 3.44. The van der Waals surface area contributed by atoms with Gasteiger partial charge in [0.25, 0.3) is 0 Å². The van der Waals surface area contributed by atoms with Crippen LogP contribution in [0.3, 0.4) is 0 Å². The molecule has 0 spiro atoms. The summed E-state index contributed by atoms with van der Waals surface area (Å²) in [6, 6.07) is 0.161. The minimum absolute atomic E-state index is 0.0888. The second-order valence-electron chi connectivity index (χ2n) is 8.79. The zero-order valence-corrected chi connectivity index (χ0v) is 16.4. The summed E-state index contributed by atoms with van der Waals surface area (Å²) in [5, 5.41) is 0. The van der Waals surface area contributed by atoms with Crippen LogP contribution in [0.2, 0.25) is 0 Å². The van der Waals surface area contributed by atoms with E-state index < -0.39 is 0 Å². The number of carbonyl (C=O) groups is 2. The third kappa shape index (κ3) is 4.65. The van der Waals surface area contributed by atoms with Crippen molar-refractivity contribution in [3.8, 4) is 0 Å². The van der Waals surface area contributed by atoms with Gasteiger partial charge >= 0.3 is 0 Å². The summed E-state index contributed by atoms with van der Waals surface area (Å²) in [4.78, 5) is 29.3. The number of ether oxygens (including phenoxy) is 2. The van der Waals surface area contributed by atoms with Crippen molar-refractivity contribution in [2.24, 2.45) is 5.92 Å². The maximum absolute atomic E-state index is 12.7. The molecule has 2 aliphatic carbocycles. The molecule has 2 atom stereocenters. The summed E-state index contributed by atoms with van der Waals surface area (Å²) < 4.78 is 11.7. The minimum atomic E-state index is 0.0888. The average molecular weight is 379 g/mol. The molecule has 0 bridgehead atoms. The van der Waals surface area contributed by atoms with Gasteiger partial charge in [0.15, 0.2) is 0 Å². The summed E-state index contributed by atoms with van der Waals surface area (Å²) in [5.74, 6) is 0.601. The molecule has 4 aliphatic rings. The smallest absolute Gasteiger partial charge is 0.248 e. The Hall–Kier alpha value is -1.14. The van der Waals surface area contributed by atoms with Crippen LogP contribution in [-0.2, 0) is 19.1 Å². The largest absolute Gasteiger partial charge is 0.368 e. The van der Waals surface area contributed by atoms with Crippen molar-refractivity contribution in [2.45, 2.75) is 82.5 Å². The lowest BCUT2D eigenvalue weighted by Gasteiger charge is -2.37. The predicted molar refractivity (Wildman–Crippen MR) is 101 cm³/mol. The Kier molecular flexibility index (Phi) is 6.33. The Labute approximate surface area is 162 Å². The topological polar surface area (TPSA) is 59.1 Å². The molecule has 2 amide bonds. The van der Waals surface area contributed by atoms with E-state index in [1.165, 1.54) is 25.7 Å². The number of piperidine rings is 1. The van der Waals surface area contributed by atoms with Crippen LogP contribution < -0.4 is 0 Å². The van der Waals surface area contributed by atoms with Crippen LogP contribution in [0.5, 0.6) is 0 Å². The third-order valence-corrected chi connectivity index (χ3v) is 6.94. The number of carbonyl (C=O) groups excluding carboxylic acids is 2. The zero-order chi connectivity index (χ0) is 18.6. The van der Waals surface area contributed by atoms with Crippen LogP contribution >= 0.6 is 0 Å². The van der Waals surface area contributed by atoms with Crippen molar-refractivity contribution in [3.05, 3.63) is 0 Å². The normalized spacial score (nSPS) is 29.5. The molecule has 27 heavy (non-hydrogen) atoms. The lowest BCUT2D eigenvalue weighted by Crippen LogP contribution is -2.50. The number of likely N-dealkylation sites (tertiary alicyclic amines) is 2. The Balaban J connectivity index is 1.27. The van der Waals surface area contributed by atoms with Gasteiger partial charge < -0.3 is 19.3 Å². The van der Waals surface area contributed by atoms with Gasteiger partial charge in [-0.1, -0.05) is 25.7 Å². The molecule has 6 nitrogen and oxygen atoms in total. The second-order valence-corrected chi connectivity index (χ2v) is 8.79. The molecule has 0 N–H and O–H groups in total. The highest BCUT2D eigenvalue weighted by Crippen LogP contribution is 2.31. The highest BCUT2D eigenvalue weighted by atomic mass is 16.5. The van der Waals surface area contributed by atoms with E-state index in [0.717, 1.165) is 51.6 Å². The van der Waals surface area contributed by atoms with E-state index in [2.05, 4.69) is 0 Å². The second kappa shape index (κ2) is 8.91. The molecule has 2 aliphatic heterocycles. The first-order valence-corrected chi connectivity index (χ1v) is 11.0. The quantitative estimate of drug-likeness (QED) is 0.712. The Morgan fingerprint density at radius 2 is 1.33 bits per heavy atom. The number of hydrogen-bond acceptors (Lipinski definition) is 4. The fourth-order valence-corrected chi connectivity index (χ4v) is 5.36. The summed E-state index contributed by atoms with van der Waals surface area (Å²) in [7, 11) is 0. The van der Waals surface area contributed by atoms with Crippen LogP contribution in [-0.4, -0.2) is 72.7 Å². The van der Waals surface area contributed by atoms with Gasteiger partial charge in [-0.05, 0) is 44.4 Å². The number of amides is 2. The fourth-order valence-electron chi connectivity index (χ4n) is 5.36. The highest BCUT2D eigenvalue weighted by Gasteiger charge is 2.42. The molecular formula is C21H34N2O4. The molecule has 2 saturated heterocycles. The van der Waals surface area contributed by atoms with Gasteiger partial charge in [0, 0.05) is 19.6 Å². The molecule has 4 rings (SSSR count). The summed E-state index contributed by atoms with van der Waals surface area (Å²) in [5.41, 5.74) is 0. The molecule has 0 unspecified atom stereocenters. The number of rotatable bonds is 6. The van der Waals surface area contributed by atoms with E-state index in [9.17, 15) is 9.59 Å². The van der Waals surface area contributed by atoms with Gasteiger partial charge in [0.05, 0.1) is 18.2 Å². The summed E-state index contributed by atoms with van der Waals surface area (Å²) in [6.07, 6.45) is 11.9. The standard InChI is InChI=1S/C21H34N2O4/c24-20(14-26-17-7-1-2-8-17)22-12-16-6-5-11-23(19(16)13-22)21(25)15-27-18-9-3-4-10-18/h16-19H,1-15H2/t16-,19+/m0/s1. The van der Waals surface area contributed by atoms with Crippen molar-refractivity contribution >= 4 is 11.8 Å². The van der Waals surface area contributed by atoms with Gasteiger partial charge in [-0.25, -0.2) is 0 Å². The Morgan fingerprint density at radius 3 is 1.96 bits per heavy atom.